The Balaban J connectivity index is 1.35. The number of phenolic OH excluding ortho intramolecular Hbond substituents is 1. The highest BCUT2D eigenvalue weighted by Gasteiger charge is 2.29. The molecule has 0 amide bonds. The average molecular weight is 1230 g/mol. The number of aromatic nitrogens is 3. The Bertz CT molecular complexity index is 4380. The van der Waals surface area contributed by atoms with Crippen LogP contribution in [0.3, 0.4) is 0 Å². The quantitative estimate of drug-likeness (QED) is 0.0179. The molecule has 6 aromatic carbocycles. The summed E-state index contributed by atoms with van der Waals surface area (Å²) in [4.78, 5) is 9.79. The Morgan fingerprint density at radius 1 is 0.608 bits per heavy atom. The van der Waals surface area contributed by atoms with Crippen molar-refractivity contribution in [2.45, 2.75) is 31.1 Å². The molecule has 29 nitrogen and oxygen atoms in total. The van der Waals surface area contributed by atoms with Gasteiger partial charge in [-0.1, -0.05) is 30.3 Å². The van der Waals surface area contributed by atoms with E-state index in [2.05, 4.69) is 46.0 Å². The van der Waals surface area contributed by atoms with Crippen molar-refractivity contribution < 1.29 is 82.0 Å². The molecule has 0 spiro atoms. The van der Waals surface area contributed by atoms with Crippen LogP contribution in [0.5, 0.6) is 5.75 Å². The zero-order valence-corrected chi connectivity index (χ0v) is 46.5. The molecule has 0 bridgehead atoms. The van der Waals surface area contributed by atoms with Gasteiger partial charge >= 0.3 is 0 Å². The molecule has 0 aliphatic carbocycles. The number of rotatable bonds is 22. The van der Waals surface area contributed by atoms with Gasteiger partial charge in [0.1, 0.15) is 48.9 Å². The fraction of sp³-hybridized carbons (Fsp3) is 0.186. The number of sulfone groups is 1. The number of aromatic hydroxyl groups is 1. The first-order valence-electron chi connectivity index (χ1n) is 21.6. The first-order chi connectivity index (χ1) is 36.9. The van der Waals surface area contributed by atoms with Crippen LogP contribution in [0.4, 0.5) is 51.7 Å². The van der Waals surface area contributed by atoms with Gasteiger partial charge in [-0.25, -0.2) is 8.42 Å². The molecule has 420 valence electrons. The van der Waals surface area contributed by atoms with Gasteiger partial charge in [0.05, 0.1) is 49.7 Å². The molecule has 79 heavy (non-hydrogen) atoms. The number of methoxy groups -OCH3 is 1. The molecule has 1 aromatic heterocycles. The lowest BCUT2D eigenvalue weighted by molar-refractivity contribution is 0.217. The van der Waals surface area contributed by atoms with Gasteiger partial charge in [0.25, 0.3) is 50.6 Å². The molecule has 7 aromatic rings. The molecule has 0 fully saturated rings. The number of nitrogens with two attached hydrogens (primary N) is 1. The lowest BCUT2D eigenvalue weighted by atomic mass is 10.0. The van der Waals surface area contributed by atoms with E-state index in [0.717, 1.165) is 63.8 Å². The summed E-state index contributed by atoms with van der Waals surface area (Å²) in [5, 5.41) is 32.6. The third kappa shape index (κ3) is 13.7. The SMILES string of the molecule is COCCS(=O)(=O)c1ccc(Nc2nc(Cl)nc(Nc3ccc(S(=O)(=O)OC)c(N=Nc4c(S(=O)(=O)OC)cc5cc(CS(=O)(=O)O)c(N=Nc6ccc7ccccc7c6S(=O)(=O)OC)c(O)c5c4N)c3)n2)c(CS(=O)(=O)O)c1. The van der Waals surface area contributed by atoms with Crippen LogP contribution in [-0.4, -0.2) is 120 Å². The van der Waals surface area contributed by atoms with E-state index in [0.29, 0.717) is 5.39 Å². The second-order valence-electron chi connectivity index (χ2n) is 16.1. The summed E-state index contributed by atoms with van der Waals surface area (Å²) in [5.41, 5.74) is 2.41. The van der Waals surface area contributed by atoms with Crippen LogP contribution >= 0.6 is 11.6 Å². The zero-order valence-electron chi connectivity index (χ0n) is 40.8. The van der Waals surface area contributed by atoms with Gasteiger partial charge in [0.15, 0.2) is 15.6 Å². The maximum atomic E-state index is 13.6. The number of fused-ring (bicyclic) bond motifs is 2. The predicted molar refractivity (Wildman–Crippen MR) is 284 cm³/mol. The highest BCUT2D eigenvalue weighted by atomic mass is 35.5. The first kappa shape index (κ1) is 59.7. The fourth-order valence-electron chi connectivity index (χ4n) is 7.46. The van der Waals surface area contributed by atoms with E-state index >= 15 is 0 Å². The van der Waals surface area contributed by atoms with Gasteiger partial charge in [0, 0.05) is 29.4 Å². The number of nitrogen functional groups attached to an aromatic ring is 1. The van der Waals surface area contributed by atoms with Crippen molar-refractivity contribution in [2.24, 2.45) is 20.5 Å². The number of nitrogens with zero attached hydrogens (tertiary/aromatic N) is 7. The second-order valence-corrected chi connectivity index (χ2v) is 26.5. The molecule has 0 saturated carbocycles. The summed E-state index contributed by atoms with van der Waals surface area (Å²) in [6.07, 6.45) is 0. The lowest BCUT2D eigenvalue weighted by Gasteiger charge is -2.16. The van der Waals surface area contributed by atoms with Crippen LogP contribution in [0.2, 0.25) is 5.28 Å². The van der Waals surface area contributed by atoms with E-state index in [-0.39, 0.29) is 56.8 Å². The number of hydrogen-bond donors (Lipinski definition) is 6. The number of halogens is 1. The third-order valence-corrected chi connectivity index (χ3v) is 18.2. The van der Waals surface area contributed by atoms with E-state index in [1.54, 1.807) is 12.1 Å². The lowest BCUT2D eigenvalue weighted by Crippen LogP contribution is -2.13. The Labute approximate surface area is 455 Å². The minimum Gasteiger partial charge on any atom is -0.505 e. The summed E-state index contributed by atoms with van der Waals surface area (Å²) in [6.45, 7) is -0.178. The monoisotopic (exact) mass is 1230 g/mol. The minimum absolute atomic E-state index is 0.0852. The number of nitrogens with one attached hydrogen (secondary N) is 2. The van der Waals surface area contributed by atoms with E-state index in [1.165, 1.54) is 37.4 Å². The summed E-state index contributed by atoms with van der Waals surface area (Å²) < 4.78 is 193. The summed E-state index contributed by atoms with van der Waals surface area (Å²) in [7, 11) is -24.1. The molecule has 0 atom stereocenters. The second kappa shape index (κ2) is 23.0. The van der Waals surface area contributed by atoms with E-state index < -0.39 is 137 Å². The van der Waals surface area contributed by atoms with E-state index in [4.69, 9.17) is 34.6 Å². The third-order valence-electron chi connectivity index (χ3n) is 11.0. The highest BCUT2D eigenvalue weighted by Crippen LogP contribution is 2.49. The number of anilines is 5. The Hall–Kier alpha value is -7.00. The summed E-state index contributed by atoms with van der Waals surface area (Å²) in [5.74, 6) is -4.54. The molecule has 0 aliphatic rings. The van der Waals surface area contributed by atoms with Crippen molar-refractivity contribution in [3.63, 3.8) is 0 Å². The molecule has 0 unspecified atom stereocenters. The fourth-order valence-corrected chi connectivity index (χ4v) is 12.7. The van der Waals surface area contributed by atoms with Crippen molar-refractivity contribution in [3.8, 4) is 5.75 Å². The van der Waals surface area contributed by atoms with Crippen LogP contribution in [0.25, 0.3) is 21.5 Å². The maximum absolute atomic E-state index is 13.6. The Morgan fingerprint density at radius 2 is 1.22 bits per heavy atom. The van der Waals surface area contributed by atoms with Gasteiger partial charge < -0.3 is 26.2 Å². The zero-order chi connectivity index (χ0) is 58.0. The molecule has 0 radical (unpaired) electrons. The average Bonchev–Trinajstić information content (AvgIpc) is 3.56. The molecule has 7 N–H and O–H groups in total. The number of ether oxygens (including phenoxy) is 1. The number of phenols is 1. The molecule has 0 saturated heterocycles. The van der Waals surface area contributed by atoms with Gasteiger partial charge in [-0.3, -0.25) is 21.7 Å². The highest BCUT2D eigenvalue weighted by molar-refractivity contribution is 7.91. The van der Waals surface area contributed by atoms with Gasteiger partial charge in [-0.05, 0) is 82.5 Å². The minimum atomic E-state index is -4.97. The smallest absolute Gasteiger partial charge is 0.299 e. The standard InChI is InChI=1S/C43H41ClN10O19S6/c1-70-15-16-74(56,57)28-11-13-30(25(18-28)21-75(58,59)60)47-43-49-41(44)48-42(50-43)46-27-10-14-33(77(64,65)71-2)32(20-27)52-54-38-34(78(66,67)72-3)19-24-17-26(22-76(61,62)63)37(39(55)35(24)36(38)45)53-51-31-12-9-23-7-5-6-8-29(23)40(31)79(68,69)73-4/h5-14,17-20,55H,15-16,21-22,45H2,1-4H3,(H,58,59,60)(H,61,62,63)(H2,46,47,48,49,50). The van der Waals surface area contributed by atoms with Gasteiger partial charge in [-0.15, -0.1) is 20.5 Å². The molecule has 7 rings (SSSR count). The largest absolute Gasteiger partial charge is 0.505 e. The van der Waals surface area contributed by atoms with Crippen LogP contribution in [0.1, 0.15) is 11.1 Å². The Morgan fingerprint density at radius 3 is 1.86 bits per heavy atom. The maximum Gasteiger partial charge on any atom is 0.299 e. The first-order valence-corrected chi connectivity index (χ1v) is 31.1. The molecular formula is C43H41ClN10O19S6. The van der Waals surface area contributed by atoms with Gasteiger partial charge in [0.2, 0.25) is 17.2 Å². The Kier molecular flexibility index (Phi) is 17.4. The van der Waals surface area contributed by atoms with Crippen LogP contribution < -0.4 is 16.4 Å². The van der Waals surface area contributed by atoms with Crippen molar-refractivity contribution in [3.05, 3.63) is 101 Å². The van der Waals surface area contributed by atoms with Crippen LogP contribution in [0.15, 0.2) is 125 Å². The van der Waals surface area contributed by atoms with E-state index in [9.17, 15) is 64.7 Å². The van der Waals surface area contributed by atoms with E-state index in [1.807, 2.05) is 0 Å². The number of benzene rings is 6. The molecular weight excluding hydrogens is 1190 g/mol. The van der Waals surface area contributed by atoms with Crippen molar-refractivity contribution in [1.82, 2.24) is 15.0 Å². The van der Waals surface area contributed by atoms with Crippen LogP contribution in [0, 0.1) is 0 Å². The predicted octanol–water partition coefficient (Wildman–Crippen LogP) is 6.64. The normalized spacial score (nSPS) is 13.0. The molecule has 1 heterocycles. The molecule has 0 aliphatic heterocycles. The van der Waals surface area contributed by atoms with Crippen molar-refractivity contribution in [2.75, 3.05) is 57.2 Å². The topological polar surface area (TPSA) is 441 Å². The van der Waals surface area contributed by atoms with Crippen molar-refractivity contribution >= 4 is 145 Å². The van der Waals surface area contributed by atoms with Gasteiger partial charge in [-0.2, -0.15) is 57.0 Å². The molecule has 36 heteroatoms. The summed E-state index contributed by atoms with van der Waals surface area (Å²) in [6, 6.07) is 17.2. The van der Waals surface area contributed by atoms with Crippen molar-refractivity contribution in [1.29, 1.82) is 0 Å². The summed E-state index contributed by atoms with van der Waals surface area (Å²) >= 11 is 6.22. The number of hydrogen-bond acceptors (Lipinski definition) is 27. The number of azo groups is 2. The van der Waals surface area contributed by atoms with Crippen LogP contribution in [-0.2, 0) is 89.2 Å².